The maximum absolute atomic E-state index is 13.0. The third-order valence-corrected chi connectivity index (χ3v) is 7.08. The third kappa shape index (κ3) is 4.20. The van der Waals surface area contributed by atoms with Crippen LogP contribution in [0.1, 0.15) is 29.7 Å². The summed E-state index contributed by atoms with van der Waals surface area (Å²) in [5.41, 5.74) is 1.17. The van der Waals surface area contributed by atoms with Gasteiger partial charge >= 0.3 is 0 Å². The van der Waals surface area contributed by atoms with Gasteiger partial charge < -0.3 is 10.2 Å². The number of likely N-dealkylation sites (N-methyl/N-ethyl adjacent to an activating group) is 1. The predicted octanol–water partition coefficient (Wildman–Crippen LogP) is 0.617. The molecular weight excluding hydrogens is 390 g/mol. The minimum atomic E-state index is -0.0161. The topological polar surface area (TPSA) is 87.5 Å². The van der Waals surface area contributed by atoms with E-state index in [0.717, 1.165) is 29.5 Å². The van der Waals surface area contributed by atoms with E-state index in [2.05, 4.69) is 10.3 Å². The van der Waals surface area contributed by atoms with E-state index < -0.39 is 0 Å². The maximum atomic E-state index is 13.0. The van der Waals surface area contributed by atoms with Crippen LogP contribution in [0, 0.1) is 0 Å². The quantitative estimate of drug-likeness (QED) is 0.771. The maximum Gasteiger partial charge on any atom is 0.262 e. The molecule has 1 fully saturated rings. The fraction of sp³-hybridized carbons (Fsp3) is 0.600. The lowest BCUT2D eigenvalue weighted by molar-refractivity contribution is -0.133. The van der Waals surface area contributed by atoms with Gasteiger partial charge in [0.1, 0.15) is 4.83 Å². The number of thiophene rings is 1. The zero-order valence-electron chi connectivity index (χ0n) is 16.8. The van der Waals surface area contributed by atoms with Crippen molar-refractivity contribution in [3.8, 4) is 0 Å². The van der Waals surface area contributed by atoms with E-state index in [9.17, 15) is 14.4 Å². The summed E-state index contributed by atoms with van der Waals surface area (Å²) >= 11 is 1.64. The molecule has 0 atom stereocenters. The van der Waals surface area contributed by atoms with Crippen molar-refractivity contribution < 1.29 is 9.59 Å². The van der Waals surface area contributed by atoms with Crippen LogP contribution in [-0.2, 0) is 29.0 Å². The van der Waals surface area contributed by atoms with Crippen LogP contribution in [0.15, 0.2) is 11.1 Å². The van der Waals surface area contributed by atoms with Gasteiger partial charge in [-0.2, -0.15) is 0 Å². The monoisotopic (exact) mass is 417 g/mol. The van der Waals surface area contributed by atoms with Crippen LogP contribution in [0.4, 0.5) is 0 Å². The lowest BCUT2D eigenvalue weighted by atomic mass is 9.97. The van der Waals surface area contributed by atoms with E-state index in [1.165, 1.54) is 16.9 Å². The van der Waals surface area contributed by atoms with Crippen molar-refractivity contribution in [2.24, 2.45) is 0 Å². The summed E-state index contributed by atoms with van der Waals surface area (Å²) in [4.78, 5) is 47.6. The molecule has 2 aromatic heterocycles. The normalized spacial score (nSPS) is 17.3. The number of aromatic nitrogens is 2. The molecule has 3 heterocycles. The summed E-state index contributed by atoms with van der Waals surface area (Å²) in [5.74, 6) is 0.0339. The molecule has 8 nitrogen and oxygen atoms in total. The van der Waals surface area contributed by atoms with Crippen LogP contribution in [0.25, 0.3) is 10.2 Å². The second kappa shape index (κ2) is 8.62. The summed E-state index contributed by atoms with van der Waals surface area (Å²) in [6, 6.07) is 0. The fourth-order valence-corrected chi connectivity index (χ4v) is 5.37. The number of nitrogens with zero attached hydrogens (tertiary/aromatic N) is 4. The molecular formula is C20H27N5O3S. The van der Waals surface area contributed by atoms with Crippen LogP contribution in [0.2, 0.25) is 0 Å². The van der Waals surface area contributed by atoms with Crippen LogP contribution in [0.3, 0.4) is 0 Å². The van der Waals surface area contributed by atoms with Gasteiger partial charge in [0.15, 0.2) is 0 Å². The van der Waals surface area contributed by atoms with E-state index in [1.807, 2.05) is 9.80 Å². The second-order valence-electron chi connectivity index (χ2n) is 7.71. The molecule has 1 aliphatic heterocycles. The fourth-order valence-electron chi connectivity index (χ4n) is 4.15. The molecule has 1 saturated heterocycles. The summed E-state index contributed by atoms with van der Waals surface area (Å²) in [5, 5.41) is 3.39. The summed E-state index contributed by atoms with van der Waals surface area (Å²) < 4.78 is 1.59. The first kappa shape index (κ1) is 20.0. The summed E-state index contributed by atoms with van der Waals surface area (Å²) in [7, 11) is 1.63. The van der Waals surface area contributed by atoms with Gasteiger partial charge in [0.25, 0.3) is 5.56 Å². The highest BCUT2D eigenvalue weighted by Crippen LogP contribution is 2.33. The van der Waals surface area contributed by atoms with Crippen molar-refractivity contribution in [2.75, 3.05) is 39.8 Å². The highest BCUT2D eigenvalue weighted by molar-refractivity contribution is 7.18. The Morgan fingerprint density at radius 2 is 1.93 bits per heavy atom. The molecule has 2 amide bonds. The zero-order chi connectivity index (χ0) is 20.4. The number of carbonyl (C=O) groups is 2. The van der Waals surface area contributed by atoms with E-state index >= 15 is 0 Å². The second-order valence-corrected chi connectivity index (χ2v) is 8.80. The average molecular weight is 418 g/mol. The number of fused-ring (bicyclic) bond motifs is 3. The number of piperazine rings is 1. The van der Waals surface area contributed by atoms with Gasteiger partial charge in [-0.3, -0.25) is 23.9 Å². The standard InChI is InChI=1S/C20H27N5O3S/c1-21-16(26)12-23-8-10-24(11-9-23)17(27)6-7-25-13-22-19-18(20(25)28)14-4-2-3-5-15(14)29-19/h13H,2-12H2,1H3,(H,21,26). The highest BCUT2D eigenvalue weighted by atomic mass is 32.1. The van der Waals surface area contributed by atoms with Crippen LogP contribution in [0.5, 0.6) is 0 Å². The molecule has 0 aromatic carbocycles. The number of rotatable bonds is 5. The largest absolute Gasteiger partial charge is 0.358 e. The first-order valence-corrected chi connectivity index (χ1v) is 11.1. The number of aryl methyl sites for hydroxylation is 3. The predicted molar refractivity (Wildman–Crippen MR) is 112 cm³/mol. The van der Waals surface area contributed by atoms with E-state index in [0.29, 0.717) is 39.3 Å². The Morgan fingerprint density at radius 3 is 2.69 bits per heavy atom. The molecule has 0 bridgehead atoms. The molecule has 1 aliphatic carbocycles. The Hall–Kier alpha value is -2.26. The van der Waals surface area contributed by atoms with Gasteiger partial charge in [-0.1, -0.05) is 0 Å². The van der Waals surface area contributed by atoms with Gasteiger partial charge in [-0.25, -0.2) is 4.98 Å². The van der Waals surface area contributed by atoms with Gasteiger partial charge in [-0.05, 0) is 31.2 Å². The van der Waals surface area contributed by atoms with Crippen molar-refractivity contribution in [3.05, 3.63) is 27.1 Å². The molecule has 0 saturated carbocycles. The van der Waals surface area contributed by atoms with Gasteiger partial charge in [-0.15, -0.1) is 11.3 Å². The molecule has 9 heteroatoms. The lowest BCUT2D eigenvalue weighted by Crippen LogP contribution is -2.51. The zero-order valence-corrected chi connectivity index (χ0v) is 17.6. The molecule has 156 valence electrons. The molecule has 1 N–H and O–H groups in total. The number of carbonyl (C=O) groups excluding carboxylic acids is 2. The van der Waals surface area contributed by atoms with Crippen molar-refractivity contribution >= 4 is 33.4 Å². The van der Waals surface area contributed by atoms with Crippen molar-refractivity contribution in [2.45, 2.75) is 38.6 Å². The Kier molecular flexibility index (Phi) is 5.96. The molecule has 2 aliphatic rings. The molecule has 0 spiro atoms. The first-order chi connectivity index (χ1) is 14.1. The van der Waals surface area contributed by atoms with Crippen LogP contribution >= 0.6 is 11.3 Å². The van der Waals surface area contributed by atoms with Gasteiger partial charge in [0.05, 0.1) is 18.3 Å². The van der Waals surface area contributed by atoms with Crippen molar-refractivity contribution in [3.63, 3.8) is 0 Å². The minimum absolute atomic E-state index is 0.0114. The van der Waals surface area contributed by atoms with E-state index in [-0.39, 0.29) is 23.8 Å². The minimum Gasteiger partial charge on any atom is -0.358 e. The Balaban J connectivity index is 1.37. The van der Waals surface area contributed by atoms with Gasteiger partial charge in [0.2, 0.25) is 11.8 Å². The van der Waals surface area contributed by atoms with Crippen molar-refractivity contribution in [1.29, 1.82) is 0 Å². The van der Waals surface area contributed by atoms with Gasteiger partial charge in [0, 0.05) is 51.1 Å². The first-order valence-electron chi connectivity index (χ1n) is 10.3. The molecule has 29 heavy (non-hydrogen) atoms. The SMILES string of the molecule is CNC(=O)CN1CCN(C(=O)CCn2cnc3sc4c(c3c2=O)CCCC4)CC1. The average Bonchev–Trinajstić information content (AvgIpc) is 3.13. The van der Waals surface area contributed by atoms with Crippen LogP contribution in [-0.4, -0.2) is 70.9 Å². The third-order valence-electron chi connectivity index (χ3n) is 5.88. The Morgan fingerprint density at radius 1 is 1.17 bits per heavy atom. The van der Waals surface area contributed by atoms with E-state index in [4.69, 9.17) is 0 Å². The van der Waals surface area contributed by atoms with Crippen molar-refractivity contribution in [1.82, 2.24) is 24.7 Å². The lowest BCUT2D eigenvalue weighted by Gasteiger charge is -2.34. The number of hydrogen-bond acceptors (Lipinski definition) is 6. The molecule has 2 aromatic rings. The molecule has 4 rings (SSSR count). The number of hydrogen-bond donors (Lipinski definition) is 1. The van der Waals surface area contributed by atoms with Crippen LogP contribution < -0.4 is 10.9 Å². The van der Waals surface area contributed by atoms with E-state index in [1.54, 1.807) is 29.3 Å². The summed E-state index contributed by atoms with van der Waals surface area (Å²) in [6.07, 6.45) is 6.17. The Labute approximate surface area is 173 Å². The summed E-state index contributed by atoms with van der Waals surface area (Å²) in [6.45, 7) is 3.32. The smallest absolute Gasteiger partial charge is 0.262 e. The highest BCUT2D eigenvalue weighted by Gasteiger charge is 2.23. The molecule has 0 unspecified atom stereocenters. The number of nitrogens with one attached hydrogen (secondary N) is 1. The Bertz CT molecular complexity index is 974. The molecule has 0 radical (unpaired) electrons. The number of amides is 2.